The summed E-state index contributed by atoms with van der Waals surface area (Å²) in [6.45, 7) is 12.2. The van der Waals surface area contributed by atoms with E-state index in [9.17, 15) is 14.4 Å². The van der Waals surface area contributed by atoms with Crippen molar-refractivity contribution in [2.45, 2.75) is 73.4 Å². The number of aromatic nitrogens is 1. The third-order valence-corrected chi connectivity index (χ3v) is 4.80. The molecule has 33 heavy (non-hydrogen) atoms. The fourth-order valence-electron chi connectivity index (χ4n) is 3.07. The molecule has 0 radical (unpaired) electrons. The summed E-state index contributed by atoms with van der Waals surface area (Å²) < 4.78 is 1.41. The van der Waals surface area contributed by atoms with Gasteiger partial charge in [0.05, 0.1) is 17.8 Å². The van der Waals surface area contributed by atoms with Gasteiger partial charge in [-0.15, -0.1) is 0 Å². The van der Waals surface area contributed by atoms with Gasteiger partial charge in [0.15, 0.2) is 0 Å². The normalized spacial score (nSPS) is 12.2. The smallest absolute Gasteiger partial charge is 0.263 e. The van der Waals surface area contributed by atoms with Gasteiger partial charge < -0.3 is 15.2 Å². The van der Waals surface area contributed by atoms with Crippen molar-refractivity contribution in [3.8, 4) is 0 Å². The van der Waals surface area contributed by atoms with Crippen molar-refractivity contribution in [3.05, 3.63) is 63.1 Å². The second-order valence-electron chi connectivity index (χ2n) is 7.20. The molecule has 1 saturated carbocycles. The van der Waals surface area contributed by atoms with Gasteiger partial charge in [0.25, 0.3) is 17.4 Å². The van der Waals surface area contributed by atoms with Crippen molar-refractivity contribution in [2.24, 2.45) is 4.99 Å². The van der Waals surface area contributed by atoms with Crippen LogP contribution in [0.4, 0.5) is 5.69 Å². The second-order valence-corrected chi connectivity index (χ2v) is 7.20. The maximum Gasteiger partial charge on any atom is 0.263 e. The molecule has 0 spiro atoms. The van der Waals surface area contributed by atoms with Crippen molar-refractivity contribution < 1.29 is 9.59 Å². The van der Waals surface area contributed by atoms with Crippen LogP contribution in [0.25, 0.3) is 0 Å². The van der Waals surface area contributed by atoms with E-state index < -0.39 is 11.5 Å². The molecule has 7 heteroatoms. The van der Waals surface area contributed by atoms with Crippen LogP contribution in [0.2, 0.25) is 0 Å². The topological polar surface area (TPSA) is 92.6 Å². The lowest BCUT2D eigenvalue weighted by molar-refractivity contribution is 0.0950. The van der Waals surface area contributed by atoms with Gasteiger partial charge in [-0.1, -0.05) is 52.8 Å². The van der Waals surface area contributed by atoms with E-state index in [0.717, 1.165) is 36.1 Å². The maximum atomic E-state index is 12.9. The minimum Gasteiger partial charge on any atom is -0.355 e. The summed E-state index contributed by atoms with van der Waals surface area (Å²) in [7, 11) is 1.46. The third-order valence-electron chi connectivity index (χ3n) is 4.80. The molecule has 1 fully saturated rings. The summed E-state index contributed by atoms with van der Waals surface area (Å²) in [5, 5.41) is 5.38. The summed E-state index contributed by atoms with van der Waals surface area (Å²) in [5.41, 5.74) is 2.44. The Bertz CT molecular complexity index is 1020. The molecule has 1 aliphatic rings. The van der Waals surface area contributed by atoms with Gasteiger partial charge in [0.1, 0.15) is 5.56 Å². The Morgan fingerprint density at radius 1 is 1.15 bits per heavy atom. The Kier molecular flexibility index (Phi) is 11.8. The first-order valence-electron chi connectivity index (χ1n) is 11.8. The van der Waals surface area contributed by atoms with Crippen LogP contribution in [0.5, 0.6) is 0 Å². The summed E-state index contributed by atoms with van der Waals surface area (Å²) in [4.78, 5) is 42.2. The Labute approximate surface area is 197 Å². The van der Waals surface area contributed by atoms with E-state index in [1.165, 1.54) is 23.9 Å². The number of aliphatic imine (C=N–C) groups is 1. The van der Waals surface area contributed by atoms with Crippen LogP contribution in [0.1, 0.15) is 85.7 Å². The fourth-order valence-corrected chi connectivity index (χ4v) is 3.07. The van der Waals surface area contributed by atoms with Crippen LogP contribution in [-0.2, 0) is 6.54 Å². The molecule has 0 atom stereocenters. The van der Waals surface area contributed by atoms with E-state index in [4.69, 9.17) is 0 Å². The van der Waals surface area contributed by atoms with E-state index >= 15 is 0 Å². The molecule has 0 unspecified atom stereocenters. The summed E-state index contributed by atoms with van der Waals surface area (Å²) in [5.74, 6) is -0.793. The number of hydrogen-bond donors (Lipinski definition) is 2. The number of para-hydroxylation sites is 1. The lowest BCUT2D eigenvalue weighted by Gasteiger charge is -2.14. The minimum atomic E-state index is -0.515. The molecule has 3 rings (SSSR count). The molecule has 2 aromatic rings. The highest BCUT2D eigenvalue weighted by Crippen LogP contribution is 2.25. The molecule has 1 aromatic carbocycles. The van der Waals surface area contributed by atoms with Crippen LogP contribution in [0, 0.1) is 6.92 Å². The lowest BCUT2D eigenvalue weighted by Crippen LogP contribution is -2.34. The first-order valence-corrected chi connectivity index (χ1v) is 11.8. The SMILES string of the molecule is CC.CC.CCC=Nc1c(C)cccc1Cn1cc(C(=O)NC2CC2)cc(C(=O)NC)c1=O. The Morgan fingerprint density at radius 3 is 2.39 bits per heavy atom. The number of nitrogens with one attached hydrogen (secondary N) is 2. The van der Waals surface area contributed by atoms with Crippen molar-refractivity contribution in [1.29, 1.82) is 0 Å². The van der Waals surface area contributed by atoms with Crippen LogP contribution >= 0.6 is 0 Å². The summed E-state index contributed by atoms with van der Waals surface area (Å²) >= 11 is 0. The number of carbonyl (C=O) groups excluding carboxylic acids is 2. The number of rotatable bonds is 7. The van der Waals surface area contributed by atoms with Crippen molar-refractivity contribution in [2.75, 3.05) is 7.05 Å². The van der Waals surface area contributed by atoms with Gasteiger partial charge in [-0.3, -0.25) is 19.4 Å². The Morgan fingerprint density at radius 2 is 1.82 bits per heavy atom. The van der Waals surface area contributed by atoms with Gasteiger partial charge in [0, 0.05) is 25.5 Å². The standard InChI is InChI=1S/C22H26N4O3.2C2H6/c1-4-10-24-19-14(2)6-5-7-15(19)12-26-13-16(20(27)25-17-8-9-17)11-18(22(26)29)21(28)23-3;2*1-2/h5-7,10-11,13,17H,4,8-9,12H2,1-3H3,(H,23,28)(H,25,27);2*1-2H3. The van der Waals surface area contributed by atoms with Crippen LogP contribution in [-0.4, -0.2) is 35.7 Å². The molecule has 1 aliphatic carbocycles. The largest absolute Gasteiger partial charge is 0.355 e. The van der Waals surface area contributed by atoms with Gasteiger partial charge in [-0.05, 0) is 43.4 Å². The number of hydrogen-bond acceptors (Lipinski definition) is 4. The van der Waals surface area contributed by atoms with Crippen LogP contribution in [0.3, 0.4) is 0 Å². The van der Waals surface area contributed by atoms with E-state index in [1.54, 1.807) is 0 Å². The van der Waals surface area contributed by atoms with Crippen molar-refractivity contribution in [1.82, 2.24) is 15.2 Å². The molecule has 1 aromatic heterocycles. The Balaban J connectivity index is 0.00000129. The molecule has 2 amide bonds. The molecule has 1 heterocycles. The van der Waals surface area contributed by atoms with Crippen molar-refractivity contribution in [3.63, 3.8) is 0 Å². The van der Waals surface area contributed by atoms with E-state index in [2.05, 4.69) is 15.6 Å². The number of nitrogens with zero attached hydrogens (tertiary/aromatic N) is 2. The molecular formula is C26H38N4O3. The monoisotopic (exact) mass is 454 g/mol. The average molecular weight is 455 g/mol. The van der Waals surface area contributed by atoms with Gasteiger partial charge in [0.2, 0.25) is 0 Å². The quantitative estimate of drug-likeness (QED) is 0.598. The molecular weight excluding hydrogens is 416 g/mol. The second kappa shape index (κ2) is 14.0. The third kappa shape index (κ3) is 7.70. The zero-order valence-corrected chi connectivity index (χ0v) is 21.0. The molecule has 180 valence electrons. The zero-order valence-electron chi connectivity index (χ0n) is 21.0. The maximum absolute atomic E-state index is 12.9. The Hall–Kier alpha value is -3.22. The van der Waals surface area contributed by atoms with Crippen LogP contribution in [0.15, 0.2) is 40.2 Å². The minimum absolute atomic E-state index is 0.0535. The lowest BCUT2D eigenvalue weighted by atomic mass is 10.1. The molecule has 7 nitrogen and oxygen atoms in total. The first kappa shape index (κ1) is 27.8. The highest BCUT2D eigenvalue weighted by molar-refractivity contribution is 5.99. The van der Waals surface area contributed by atoms with Gasteiger partial charge in [-0.25, -0.2) is 0 Å². The van der Waals surface area contributed by atoms with Gasteiger partial charge >= 0.3 is 0 Å². The molecule has 0 saturated heterocycles. The zero-order chi connectivity index (χ0) is 25.0. The summed E-state index contributed by atoms with van der Waals surface area (Å²) in [6.07, 6.45) is 6.04. The summed E-state index contributed by atoms with van der Waals surface area (Å²) in [6, 6.07) is 7.31. The predicted octanol–water partition coefficient (Wildman–Crippen LogP) is 4.62. The number of carbonyl (C=O) groups is 2. The van der Waals surface area contributed by atoms with Crippen molar-refractivity contribution >= 4 is 23.7 Å². The molecule has 0 aliphatic heterocycles. The fraction of sp³-hybridized carbons (Fsp3) is 0.462. The average Bonchev–Trinajstić information content (AvgIpc) is 3.66. The predicted molar refractivity (Wildman–Crippen MR) is 136 cm³/mol. The molecule has 0 bridgehead atoms. The number of amides is 2. The van der Waals surface area contributed by atoms with E-state index in [-0.39, 0.29) is 24.1 Å². The highest BCUT2D eigenvalue weighted by atomic mass is 16.2. The van der Waals surface area contributed by atoms with Gasteiger partial charge in [-0.2, -0.15) is 0 Å². The number of benzene rings is 1. The van der Waals surface area contributed by atoms with E-state index in [1.807, 2.05) is 66.0 Å². The van der Waals surface area contributed by atoms with E-state index in [0.29, 0.717) is 5.56 Å². The molecule has 2 N–H and O–H groups in total. The highest BCUT2D eigenvalue weighted by Gasteiger charge is 2.25. The first-order chi connectivity index (χ1) is 15.9. The number of aryl methyl sites for hydroxylation is 1. The van der Waals surface area contributed by atoms with Crippen LogP contribution < -0.4 is 16.2 Å². The number of pyridine rings is 1.